The summed E-state index contributed by atoms with van der Waals surface area (Å²) in [6.07, 6.45) is 3.89. The number of nitrogens with zero attached hydrogens (tertiary/aromatic N) is 4. The maximum Gasteiger partial charge on any atom is 0.407 e. The average Bonchev–Trinajstić information content (AvgIpc) is 3.41. The first-order chi connectivity index (χ1) is 14.9. The number of methoxy groups -OCH3 is 1. The van der Waals surface area contributed by atoms with Crippen LogP contribution < -0.4 is 10.6 Å². The molecule has 0 bridgehead atoms. The van der Waals surface area contributed by atoms with E-state index in [-0.39, 0.29) is 24.2 Å². The maximum atomic E-state index is 11.8. The molecule has 2 atom stereocenters. The van der Waals surface area contributed by atoms with Crippen molar-refractivity contribution in [1.82, 2.24) is 29.9 Å². The van der Waals surface area contributed by atoms with E-state index in [1.54, 1.807) is 17.6 Å². The number of carbonyl (C=O) groups excluding carboxylic acids is 1. The highest BCUT2D eigenvalue weighted by Crippen LogP contribution is 2.36. The Bertz CT molecular complexity index is 1060. The molecule has 166 valence electrons. The summed E-state index contributed by atoms with van der Waals surface area (Å²) in [5.41, 5.74) is 2.43. The van der Waals surface area contributed by atoms with Gasteiger partial charge in [-0.25, -0.2) is 14.8 Å². The largest absolute Gasteiger partial charge is 0.446 e. The van der Waals surface area contributed by atoms with Crippen molar-refractivity contribution in [2.24, 2.45) is 0 Å². The second-order valence-electron chi connectivity index (χ2n) is 7.97. The van der Waals surface area contributed by atoms with Crippen LogP contribution >= 0.6 is 11.6 Å². The third kappa shape index (κ3) is 5.08. The number of anilines is 2. The van der Waals surface area contributed by atoms with Crippen molar-refractivity contribution in [2.75, 3.05) is 12.4 Å². The Hall–Kier alpha value is -2.85. The van der Waals surface area contributed by atoms with Crippen molar-refractivity contribution < 1.29 is 14.3 Å². The normalized spacial score (nSPS) is 18.6. The molecule has 1 fully saturated rings. The zero-order valence-corrected chi connectivity index (χ0v) is 18.4. The Morgan fingerprint density at radius 1 is 1.35 bits per heavy atom. The van der Waals surface area contributed by atoms with Crippen LogP contribution in [0, 0.1) is 0 Å². The van der Waals surface area contributed by atoms with Gasteiger partial charge in [-0.1, -0.05) is 11.6 Å². The molecule has 1 saturated carbocycles. The molecule has 4 rings (SSSR count). The molecule has 11 heteroatoms. The molecule has 3 aromatic heterocycles. The van der Waals surface area contributed by atoms with Crippen molar-refractivity contribution in [3.63, 3.8) is 0 Å². The molecule has 3 heterocycles. The summed E-state index contributed by atoms with van der Waals surface area (Å²) in [5, 5.41) is 13.7. The van der Waals surface area contributed by atoms with Gasteiger partial charge in [0.05, 0.1) is 12.3 Å². The van der Waals surface area contributed by atoms with Gasteiger partial charge in [0.15, 0.2) is 5.82 Å². The van der Waals surface area contributed by atoms with E-state index in [9.17, 15) is 4.79 Å². The lowest BCUT2D eigenvalue weighted by Gasteiger charge is -2.14. The van der Waals surface area contributed by atoms with Gasteiger partial charge >= 0.3 is 6.09 Å². The van der Waals surface area contributed by atoms with Crippen LogP contribution in [-0.2, 0) is 16.1 Å². The highest BCUT2D eigenvalue weighted by molar-refractivity contribution is 6.29. The zero-order chi connectivity index (χ0) is 22.0. The number of halogens is 1. The van der Waals surface area contributed by atoms with Gasteiger partial charge < -0.3 is 20.1 Å². The number of hydrogen-bond acceptors (Lipinski definition) is 7. The first kappa shape index (κ1) is 21.4. The third-order valence-corrected chi connectivity index (χ3v) is 5.30. The van der Waals surface area contributed by atoms with Gasteiger partial charge in [0.2, 0.25) is 5.95 Å². The molecule has 3 aromatic rings. The predicted octanol–water partition coefficient (Wildman–Crippen LogP) is 3.77. The van der Waals surface area contributed by atoms with Gasteiger partial charge in [-0.05, 0) is 33.1 Å². The van der Waals surface area contributed by atoms with Crippen molar-refractivity contribution in [3.05, 3.63) is 34.9 Å². The summed E-state index contributed by atoms with van der Waals surface area (Å²) < 4.78 is 12.5. The number of ether oxygens (including phenoxy) is 2. The van der Waals surface area contributed by atoms with Crippen molar-refractivity contribution in [2.45, 2.75) is 57.8 Å². The zero-order valence-electron chi connectivity index (χ0n) is 17.7. The van der Waals surface area contributed by atoms with Crippen LogP contribution in [0.15, 0.2) is 18.3 Å². The standard InChI is InChI=1S/C20H26ClN7O3/c1-11(2)22-20(29)31-14-5-4-12(6-14)15-7-17(27-26-15)25-19-24-16(21)8-18-23-13(10-30-3)9-28(18)19/h7-9,11-12,14H,4-6,10H2,1-3H3,(H,22,29)(H2,24,25,26,27). The summed E-state index contributed by atoms with van der Waals surface area (Å²) >= 11 is 6.16. The van der Waals surface area contributed by atoms with E-state index in [1.807, 2.05) is 26.1 Å². The van der Waals surface area contributed by atoms with Crippen molar-refractivity contribution in [3.8, 4) is 0 Å². The van der Waals surface area contributed by atoms with Crippen LogP contribution in [0.4, 0.5) is 16.6 Å². The Kier molecular flexibility index (Phi) is 6.28. The number of alkyl carbamates (subject to hydrolysis) is 1. The van der Waals surface area contributed by atoms with Gasteiger partial charge in [-0.15, -0.1) is 0 Å². The van der Waals surface area contributed by atoms with Crippen LogP contribution in [0.1, 0.15) is 50.4 Å². The van der Waals surface area contributed by atoms with Gasteiger partial charge in [0, 0.05) is 43.1 Å². The predicted molar refractivity (Wildman–Crippen MR) is 116 cm³/mol. The lowest BCUT2D eigenvalue weighted by atomic mass is 10.0. The molecule has 0 aromatic carbocycles. The molecule has 1 aliphatic rings. The van der Waals surface area contributed by atoms with Crippen LogP contribution in [0.5, 0.6) is 0 Å². The topological polar surface area (TPSA) is 118 Å². The average molecular weight is 448 g/mol. The smallest absolute Gasteiger partial charge is 0.407 e. The number of carbonyl (C=O) groups is 1. The van der Waals surface area contributed by atoms with E-state index < -0.39 is 0 Å². The first-order valence-electron chi connectivity index (χ1n) is 10.2. The number of imidazole rings is 1. The molecule has 10 nitrogen and oxygen atoms in total. The van der Waals surface area contributed by atoms with E-state index in [2.05, 4.69) is 30.8 Å². The fourth-order valence-corrected chi connectivity index (χ4v) is 3.97. The van der Waals surface area contributed by atoms with Gasteiger partial charge in [-0.3, -0.25) is 9.50 Å². The fraction of sp³-hybridized carbons (Fsp3) is 0.500. The number of nitrogens with one attached hydrogen (secondary N) is 3. The molecule has 3 N–H and O–H groups in total. The third-order valence-electron chi connectivity index (χ3n) is 5.11. The number of fused-ring (bicyclic) bond motifs is 1. The summed E-state index contributed by atoms with van der Waals surface area (Å²) in [6.45, 7) is 4.20. The first-order valence-corrected chi connectivity index (χ1v) is 10.6. The van der Waals surface area contributed by atoms with Gasteiger partial charge in [0.25, 0.3) is 0 Å². The van der Waals surface area contributed by atoms with Crippen molar-refractivity contribution in [1.29, 1.82) is 0 Å². The molecule has 2 unspecified atom stereocenters. The van der Waals surface area contributed by atoms with E-state index >= 15 is 0 Å². The van der Waals surface area contributed by atoms with E-state index in [4.69, 9.17) is 21.1 Å². The summed E-state index contributed by atoms with van der Waals surface area (Å²) in [7, 11) is 1.62. The van der Waals surface area contributed by atoms with Gasteiger partial charge in [0.1, 0.15) is 16.9 Å². The number of amides is 1. The number of aromatic amines is 1. The van der Waals surface area contributed by atoms with Crippen molar-refractivity contribution >= 4 is 35.1 Å². The molecular formula is C20H26ClN7O3. The minimum absolute atomic E-state index is 0.0542. The molecule has 0 spiro atoms. The molecule has 0 radical (unpaired) electrons. The minimum atomic E-state index is -0.364. The Labute approximate surface area is 184 Å². The number of aromatic nitrogens is 5. The van der Waals surface area contributed by atoms with Crippen LogP contribution in [-0.4, -0.2) is 49.9 Å². The Morgan fingerprint density at radius 3 is 2.97 bits per heavy atom. The van der Waals surface area contributed by atoms with E-state index in [1.165, 1.54) is 0 Å². The molecule has 0 saturated heterocycles. The lowest BCUT2D eigenvalue weighted by molar-refractivity contribution is 0.0981. The number of H-pyrrole nitrogens is 1. The Balaban J connectivity index is 1.43. The highest BCUT2D eigenvalue weighted by Gasteiger charge is 2.30. The van der Waals surface area contributed by atoms with E-state index in [0.29, 0.717) is 29.2 Å². The van der Waals surface area contributed by atoms with E-state index in [0.717, 1.165) is 30.7 Å². The summed E-state index contributed by atoms with van der Waals surface area (Å²) in [4.78, 5) is 20.7. The fourth-order valence-electron chi connectivity index (χ4n) is 3.79. The quantitative estimate of drug-likeness (QED) is 0.472. The maximum absolute atomic E-state index is 11.8. The monoisotopic (exact) mass is 447 g/mol. The molecule has 31 heavy (non-hydrogen) atoms. The molecule has 0 aliphatic heterocycles. The minimum Gasteiger partial charge on any atom is -0.446 e. The van der Waals surface area contributed by atoms with Crippen LogP contribution in [0.25, 0.3) is 5.65 Å². The summed E-state index contributed by atoms with van der Waals surface area (Å²) in [6, 6.07) is 3.69. The van der Waals surface area contributed by atoms with Crippen LogP contribution in [0.3, 0.4) is 0 Å². The molecule has 1 amide bonds. The Morgan fingerprint density at radius 2 is 2.19 bits per heavy atom. The lowest BCUT2D eigenvalue weighted by Crippen LogP contribution is -2.33. The SMILES string of the molecule is COCc1cn2c(Nc3cc(C4CCC(OC(=O)NC(C)C)C4)[nH]n3)nc(Cl)cc2n1. The van der Waals surface area contributed by atoms with Gasteiger partial charge in [-0.2, -0.15) is 5.10 Å². The number of rotatable bonds is 7. The van der Waals surface area contributed by atoms with Crippen LogP contribution in [0.2, 0.25) is 5.15 Å². The number of hydrogen-bond donors (Lipinski definition) is 3. The summed E-state index contributed by atoms with van der Waals surface area (Å²) in [5.74, 6) is 1.37. The molecular weight excluding hydrogens is 422 g/mol. The highest BCUT2D eigenvalue weighted by atomic mass is 35.5. The second-order valence-corrected chi connectivity index (χ2v) is 8.35. The molecule has 1 aliphatic carbocycles. The second kappa shape index (κ2) is 9.11.